The molecule has 0 aliphatic carbocycles. The van der Waals surface area contributed by atoms with Crippen LogP contribution in [0, 0.1) is 5.92 Å². The van der Waals surface area contributed by atoms with Crippen LogP contribution in [0.1, 0.15) is 24.2 Å². The largest absolute Gasteiger partial charge is 0.294 e. The maximum absolute atomic E-state index is 11.9. The van der Waals surface area contributed by atoms with Crippen LogP contribution in [0.25, 0.3) is 0 Å². The van der Waals surface area contributed by atoms with E-state index in [4.69, 9.17) is 11.6 Å². The van der Waals surface area contributed by atoms with Gasteiger partial charge in [-0.1, -0.05) is 44.2 Å². The summed E-state index contributed by atoms with van der Waals surface area (Å²) in [6.45, 7) is 6.99. The standard InChI is InChI=1S/C13H13ClO2/c1-8(2)12(15)9(3)13(16)10-6-4-5-7-11(10)14/h4-8H,3H2,1-2H3. The summed E-state index contributed by atoms with van der Waals surface area (Å²) in [6, 6.07) is 6.63. The minimum Gasteiger partial charge on any atom is -0.294 e. The van der Waals surface area contributed by atoms with E-state index in [-0.39, 0.29) is 17.3 Å². The van der Waals surface area contributed by atoms with Crippen molar-refractivity contribution in [3.05, 3.63) is 47.0 Å². The molecule has 0 aliphatic heterocycles. The number of hydrogen-bond acceptors (Lipinski definition) is 2. The molecule has 0 atom stereocenters. The Labute approximate surface area is 99.9 Å². The predicted octanol–water partition coefficient (Wildman–Crippen LogP) is 3.30. The van der Waals surface area contributed by atoms with E-state index in [9.17, 15) is 9.59 Å². The lowest BCUT2D eigenvalue weighted by atomic mass is 9.95. The Morgan fingerprint density at radius 2 is 1.81 bits per heavy atom. The molecular weight excluding hydrogens is 224 g/mol. The van der Waals surface area contributed by atoms with Crippen LogP contribution in [0.5, 0.6) is 0 Å². The molecule has 2 nitrogen and oxygen atoms in total. The van der Waals surface area contributed by atoms with Crippen LogP contribution < -0.4 is 0 Å². The molecular formula is C13H13ClO2. The number of hydrogen-bond donors (Lipinski definition) is 0. The first-order chi connectivity index (χ1) is 7.45. The van der Waals surface area contributed by atoms with Crippen molar-refractivity contribution in [2.24, 2.45) is 5.92 Å². The Kier molecular flexibility index (Phi) is 4.02. The molecule has 0 saturated heterocycles. The smallest absolute Gasteiger partial charge is 0.197 e. The number of carbonyl (C=O) groups is 2. The first-order valence-electron chi connectivity index (χ1n) is 4.97. The minimum atomic E-state index is -0.399. The number of benzene rings is 1. The third-order valence-corrected chi connectivity index (χ3v) is 2.54. The van der Waals surface area contributed by atoms with Crippen LogP contribution >= 0.6 is 11.6 Å². The van der Waals surface area contributed by atoms with E-state index in [2.05, 4.69) is 6.58 Å². The van der Waals surface area contributed by atoms with E-state index in [0.29, 0.717) is 10.6 Å². The molecule has 0 amide bonds. The number of ketones is 2. The number of allylic oxidation sites excluding steroid dienone is 1. The first-order valence-corrected chi connectivity index (χ1v) is 5.35. The van der Waals surface area contributed by atoms with Gasteiger partial charge in [0, 0.05) is 11.5 Å². The Hall–Kier alpha value is -1.41. The Morgan fingerprint density at radius 1 is 1.25 bits per heavy atom. The van der Waals surface area contributed by atoms with Crippen molar-refractivity contribution in [1.29, 1.82) is 0 Å². The molecule has 0 N–H and O–H groups in total. The highest BCUT2D eigenvalue weighted by atomic mass is 35.5. The van der Waals surface area contributed by atoms with Gasteiger partial charge in [-0.05, 0) is 12.1 Å². The molecule has 0 saturated carbocycles. The molecule has 0 spiro atoms. The van der Waals surface area contributed by atoms with E-state index in [1.54, 1.807) is 38.1 Å². The van der Waals surface area contributed by atoms with Gasteiger partial charge in [0.25, 0.3) is 0 Å². The second-order valence-electron chi connectivity index (χ2n) is 3.81. The zero-order valence-electron chi connectivity index (χ0n) is 9.29. The lowest BCUT2D eigenvalue weighted by molar-refractivity contribution is -0.117. The Morgan fingerprint density at radius 3 is 2.31 bits per heavy atom. The summed E-state index contributed by atoms with van der Waals surface area (Å²) in [5.74, 6) is -0.881. The number of rotatable bonds is 4. The average molecular weight is 237 g/mol. The summed E-state index contributed by atoms with van der Waals surface area (Å²) in [5, 5.41) is 0.338. The molecule has 0 aliphatic rings. The summed E-state index contributed by atoms with van der Waals surface area (Å²) >= 11 is 5.87. The SMILES string of the molecule is C=C(C(=O)c1ccccc1Cl)C(=O)C(C)C. The molecule has 1 rings (SSSR count). The topological polar surface area (TPSA) is 34.1 Å². The summed E-state index contributed by atoms with van der Waals surface area (Å²) < 4.78 is 0. The number of Topliss-reactive ketones (excluding diaryl/α,β-unsaturated/α-hetero) is 2. The zero-order valence-corrected chi connectivity index (χ0v) is 10.0. The van der Waals surface area contributed by atoms with E-state index in [0.717, 1.165) is 0 Å². The van der Waals surface area contributed by atoms with Crippen LogP contribution in [0.15, 0.2) is 36.4 Å². The van der Waals surface area contributed by atoms with Crippen LogP contribution in [0.4, 0.5) is 0 Å². The summed E-state index contributed by atoms with van der Waals surface area (Å²) in [6.07, 6.45) is 0. The van der Waals surface area contributed by atoms with Gasteiger partial charge in [-0.15, -0.1) is 0 Å². The van der Waals surface area contributed by atoms with Crippen molar-refractivity contribution in [2.45, 2.75) is 13.8 Å². The molecule has 0 heterocycles. The van der Waals surface area contributed by atoms with Gasteiger partial charge in [-0.3, -0.25) is 9.59 Å². The highest BCUT2D eigenvalue weighted by Crippen LogP contribution is 2.19. The van der Waals surface area contributed by atoms with Gasteiger partial charge in [0.1, 0.15) is 0 Å². The predicted molar refractivity (Wildman–Crippen MR) is 64.8 cm³/mol. The van der Waals surface area contributed by atoms with Crippen molar-refractivity contribution in [1.82, 2.24) is 0 Å². The molecule has 16 heavy (non-hydrogen) atoms. The quantitative estimate of drug-likeness (QED) is 0.348. The first kappa shape index (κ1) is 12.7. The second kappa shape index (κ2) is 5.08. The lowest BCUT2D eigenvalue weighted by Gasteiger charge is -2.07. The molecule has 0 fully saturated rings. The third kappa shape index (κ3) is 2.58. The Balaban J connectivity index is 3.00. The summed E-state index contributed by atoms with van der Waals surface area (Å²) in [7, 11) is 0. The van der Waals surface area contributed by atoms with Gasteiger partial charge in [0.2, 0.25) is 0 Å². The maximum Gasteiger partial charge on any atom is 0.197 e. The van der Waals surface area contributed by atoms with E-state index in [1.807, 2.05) is 0 Å². The monoisotopic (exact) mass is 236 g/mol. The van der Waals surface area contributed by atoms with E-state index >= 15 is 0 Å². The fourth-order valence-electron chi connectivity index (χ4n) is 1.27. The van der Waals surface area contributed by atoms with Crippen molar-refractivity contribution in [3.63, 3.8) is 0 Å². The fourth-order valence-corrected chi connectivity index (χ4v) is 1.49. The molecule has 0 bridgehead atoms. The van der Waals surface area contributed by atoms with Gasteiger partial charge in [-0.2, -0.15) is 0 Å². The summed E-state index contributed by atoms with van der Waals surface area (Å²) in [4.78, 5) is 23.5. The van der Waals surface area contributed by atoms with Crippen molar-refractivity contribution >= 4 is 23.2 Å². The highest BCUT2D eigenvalue weighted by Gasteiger charge is 2.21. The van der Waals surface area contributed by atoms with Crippen LogP contribution in [0.3, 0.4) is 0 Å². The minimum absolute atomic E-state index is 0.0110. The zero-order chi connectivity index (χ0) is 12.3. The fraction of sp³-hybridized carbons (Fsp3) is 0.231. The molecule has 3 heteroatoms. The molecule has 84 valence electrons. The van der Waals surface area contributed by atoms with Crippen molar-refractivity contribution < 1.29 is 9.59 Å². The molecule has 0 radical (unpaired) electrons. The number of carbonyl (C=O) groups excluding carboxylic acids is 2. The summed E-state index contributed by atoms with van der Waals surface area (Å²) in [5.41, 5.74) is 0.311. The molecule has 1 aromatic carbocycles. The highest BCUT2D eigenvalue weighted by molar-refractivity contribution is 6.37. The van der Waals surface area contributed by atoms with Gasteiger partial charge in [-0.25, -0.2) is 0 Å². The molecule has 0 aromatic heterocycles. The molecule has 1 aromatic rings. The van der Waals surface area contributed by atoms with Crippen LogP contribution in [-0.4, -0.2) is 11.6 Å². The van der Waals surface area contributed by atoms with Gasteiger partial charge in [0.15, 0.2) is 11.6 Å². The van der Waals surface area contributed by atoms with Gasteiger partial charge in [0.05, 0.1) is 10.6 Å². The third-order valence-electron chi connectivity index (χ3n) is 2.21. The van der Waals surface area contributed by atoms with E-state index in [1.165, 1.54) is 0 Å². The van der Waals surface area contributed by atoms with Crippen LogP contribution in [-0.2, 0) is 4.79 Å². The maximum atomic E-state index is 11.9. The van der Waals surface area contributed by atoms with Gasteiger partial charge < -0.3 is 0 Å². The second-order valence-corrected chi connectivity index (χ2v) is 4.21. The Bertz CT molecular complexity index is 447. The lowest BCUT2D eigenvalue weighted by Crippen LogP contribution is -2.17. The number of halogens is 1. The van der Waals surface area contributed by atoms with E-state index < -0.39 is 5.78 Å². The van der Waals surface area contributed by atoms with Gasteiger partial charge >= 0.3 is 0 Å². The van der Waals surface area contributed by atoms with Crippen molar-refractivity contribution in [2.75, 3.05) is 0 Å². The average Bonchev–Trinajstić information content (AvgIpc) is 2.26. The normalized spacial score (nSPS) is 10.2. The van der Waals surface area contributed by atoms with Crippen LogP contribution in [0.2, 0.25) is 5.02 Å². The molecule has 0 unspecified atom stereocenters. The van der Waals surface area contributed by atoms with Crippen molar-refractivity contribution in [3.8, 4) is 0 Å².